The zero-order valence-corrected chi connectivity index (χ0v) is 15.2. The molecule has 1 N–H and O–H groups in total. The van der Waals surface area contributed by atoms with Crippen molar-refractivity contribution in [2.45, 2.75) is 44.2 Å². The zero-order valence-electron chi connectivity index (χ0n) is 15.2. The summed E-state index contributed by atoms with van der Waals surface area (Å²) in [4.78, 5) is 17.1. The fraction of sp³-hybridized carbons (Fsp3) is 0.650. The highest BCUT2D eigenvalue weighted by Crippen LogP contribution is 2.29. The number of nitrogens with zero attached hydrogens (tertiary/aromatic N) is 2. The van der Waals surface area contributed by atoms with Crippen molar-refractivity contribution in [1.29, 1.82) is 0 Å². The van der Waals surface area contributed by atoms with Gasteiger partial charge in [-0.25, -0.2) is 9.18 Å². The molecule has 1 aromatic carbocycles. The van der Waals surface area contributed by atoms with Gasteiger partial charge in [-0.1, -0.05) is 0 Å². The Morgan fingerprint density at radius 1 is 1.15 bits per heavy atom. The first-order chi connectivity index (χ1) is 12.7. The number of hydrogen-bond donors (Lipinski definition) is 1. The van der Waals surface area contributed by atoms with Crippen molar-refractivity contribution < 1.29 is 13.9 Å². The molecule has 1 unspecified atom stereocenters. The minimum absolute atomic E-state index is 0.0969. The van der Waals surface area contributed by atoms with Crippen molar-refractivity contribution in [3.05, 3.63) is 30.1 Å². The number of hydrogen-bond acceptors (Lipinski definition) is 3. The number of rotatable bonds is 5. The van der Waals surface area contributed by atoms with Gasteiger partial charge in [0.25, 0.3) is 0 Å². The molecule has 5 nitrogen and oxygen atoms in total. The number of benzene rings is 1. The molecule has 1 aliphatic carbocycles. The van der Waals surface area contributed by atoms with Crippen LogP contribution in [0.15, 0.2) is 24.3 Å². The summed E-state index contributed by atoms with van der Waals surface area (Å²) in [7, 11) is 0. The maximum absolute atomic E-state index is 13.1. The third kappa shape index (κ3) is 4.29. The summed E-state index contributed by atoms with van der Waals surface area (Å²) in [5, 5.41) is 3.25. The smallest absolute Gasteiger partial charge is 0.317 e. The number of anilines is 1. The Morgan fingerprint density at radius 3 is 2.50 bits per heavy atom. The first kappa shape index (κ1) is 17.6. The SMILES string of the molecule is O=C(NC1CCN(c2ccc(F)cc2)CC1)N(CC1CCOC1)C1CC1. The minimum atomic E-state index is -0.205. The minimum Gasteiger partial charge on any atom is -0.381 e. The van der Waals surface area contributed by atoms with Crippen LogP contribution in [0.3, 0.4) is 0 Å². The molecule has 0 radical (unpaired) electrons. The fourth-order valence-electron chi connectivity index (χ4n) is 3.98. The van der Waals surface area contributed by atoms with E-state index < -0.39 is 0 Å². The fourth-order valence-corrected chi connectivity index (χ4v) is 3.98. The van der Waals surface area contributed by atoms with Crippen LogP contribution in [0.2, 0.25) is 0 Å². The molecular weight excluding hydrogens is 333 g/mol. The average molecular weight is 361 g/mol. The molecule has 1 aromatic rings. The molecule has 26 heavy (non-hydrogen) atoms. The molecule has 2 amide bonds. The standard InChI is InChI=1S/C20H28FN3O2/c21-16-1-3-18(4-2-16)23-10-7-17(8-11-23)22-20(25)24(19-5-6-19)13-15-9-12-26-14-15/h1-4,15,17,19H,5-14H2,(H,22,25). The highest BCUT2D eigenvalue weighted by Gasteiger charge is 2.35. The first-order valence-electron chi connectivity index (χ1n) is 9.84. The van der Waals surface area contributed by atoms with E-state index >= 15 is 0 Å². The van der Waals surface area contributed by atoms with Gasteiger partial charge in [-0.05, 0) is 56.4 Å². The van der Waals surface area contributed by atoms with Crippen LogP contribution >= 0.6 is 0 Å². The van der Waals surface area contributed by atoms with Crippen LogP contribution in [0.5, 0.6) is 0 Å². The maximum atomic E-state index is 13.1. The van der Waals surface area contributed by atoms with E-state index in [0.717, 1.165) is 70.6 Å². The summed E-state index contributed by atoms with van der Waals surface area (Å²) in [6, 6.07) is 7.40. The van der Waals surface area contributed by atoms with Crippen LogP contribution < -0.4 is 10.2 Å². The maximum Gasteiger partial charge on any atom is 0.317 e. The van der Waals surface area contributed by atoms with Gasteiger partial charge in [0.1, 0.15) is 5.82 Å². The topological polar surface area (TPSA) is 44.8 Å². The molecule has 2 heterocycles. The highest BCUT2D eigenvalue weighted by molar-refractivity contribution is 5.75. The lowest BCUT2D eigenvalue weighted by molar-refractivity contribution is 0.159. The van der Waals surface area contributed by atoms with Gasteiger partial charge in [0, 0.05) is 49.9 Å². The lowest BCUT2D eigenvalue weighted by atomic mass is 10.0. The van der Waals surface area contributed by atoms with E-state index in [2.05, 4.69) is 10.2 Å². The van der Waals surface area contributed by atoms with E-state index in [1.54, 1.807) is 0 Å². The van der Waals surface area contributed by atoms with E-state index in [4.69, 9.17) is 4.74 Å². The zero-order chi connectivity index (χ0) is 17.9. The van der Waals surface area contributed by atoms with Crippen molar-refractivity contribution in [3.63, 3.8) is 0 Å². The molecule has 3 aliphatic rings. The number of ether oxygens (including phenoxy) is 1. The Balaban J connectivity index is 1.27. The van der Waals surface area contributed by atoms with Crippen molar-refractivity contribution in [1.82, 2.24) is 10.2 Å². The van der Waals surface area contributed by atoms with Gasteiger partial charge in [0.15, 0.2) is 0 Å². The van der Waals surface area contributed by atoms with E-state index in [1.807, 2.05) is 17.0 Å². The second kappa shape index (κ2) is 7.82. The predicted molar refractivity (Wildman–Crippen MR) is 98.8 cm³/mol. The molecule has 6 heteroatoms. The third-order valence-electron chi connectivity index (χ3n) is 5.74. The lowest BCUT2D eigenvalue weighted by Gasteiger charge is -2.35. The number of urea groups is 1. The Morgan fingerprint density at radius 2 is 1.88 bits per heavy atom. The monoisotopic (exact) mass is 361 g/mol. The molecule has 142 valence electrons. The molecule has 1 atom stereocenters. The Hall–Kier alpha value is -1.82. The number of carbonyl (C=O) groups is 1. The molecule has 4 rings (SSSR count). The van der Waals surface area contributed by atoms with Crippen LogP contribution in [0.4, 0.5) is 14.9 Å². The summed E-state index contributed by atoms with van der Waals surface area (Å²) in [5.41, 5.74) is 1.05. The summed E-state index contributed by atoms with van der Waals surface area (Å²) >= 11 is 0. The van der Waals surface area contributed by atoms with Gasteiger partial charge in [-0.3, -0.25) is 0 Å². The van der Waals surface area contributed by atoms with E-state index in [9.17, 15) is 9.18 Å². The first-order valence-corrected chi connectivity index (χ1v) is 9.84. The summed E-state index contributed by atoms with van der Waals surface area (Å²) in [6.07, 6.45) is 5.17. The van der Waals surface area contributed by atoms with Crippen LogP contribution in [0.25, 0.3) is 0 Å². The molecule has 0 spiro atoms. The summed E-state index contributed by atoms with van der Waals surface area (Å²) < 4.78 is 18.5. The van der Waals surface area contributed by atoms with E-state index in [0.29, 0.717) is 12.0 Å². The number of piperidine rings is 1. The molecule has 1 saturated carbocycles. The Bertz CT molecular complexity index is 606. The summed E-state index contributed by atoms with van der Waals surface area (Å²) in [5.74, 6) is 0.283. The highest BCUT2D eigenvalue weighted by atomic mass is 19.1. The molecule has 2 saturated heterocycles. The van der Waals surface area contributed by atoms with Gasteiger partial charge in [0.2, 0.25) is 0 Å². The quantitative estimate of drug-likeness (QED) is 0.877. The van der Waals surface area contributed by atoms with Crippen LogP contribution in [-0.2, 0) is 4.74 Å². The molecule has 0 bridgehead atoms. The second-order valence-corrected chi connectivity index (χ2v) is 7.80. The largest absolute Gasteiger partial charge is 0.381 e. The van der Waals surface area contributed by atoms with Gasteiger partial charge in [-0.15, -0.1) is 0 Å². The average Bonchev–Trinajstić information content (AvgIpc) is 3.36. The molecule has 0 aromatic heterocycles. The predicted octanol–water partition coefficient (Wildman–Crippen LogP) is 3.01. The number of amides is 2. The summed E-state index contributed by atoms with van der Waals surface area (Å²) in [6.45, 7) is 4.21. The normalized spacial score (nSPS) is 23.9. The van der Waals surface area contributed by atoms with Crippen molar-refractivity contribution in [2.75, 3.05) is 37.7 Å². The van der Waals surface area contributed by atoms with Gasteiger partial charge in [-0.2, -0.15) is 0 Å². The van der Waals surface area contributed by atoms with Gasteiger partial charge in [0.05, 0.1) is 6.61 Å². The van der Waals surface area contributed by atoms with Crippen molar-refractivity contribution >= 4 is 11.7 Å². The van der Waals surface area contributed by atoms with Gasteiger partial charge < -0.3 is 19.9 Å². The number of nitrogens with one attached hydrogen (secondary N) is 1. The van der Waals surface area contributed by atoms with Crippen LogP contribution in [0.1, 0.15) is 32.1 Å². The molecule has 2 aliphatic heterocycles. The third-order valence-corrected chi connectivity index (χ3v) is 5.74. The van der Waals surface area contributed by atoms with E-state index in [1.165, 1.54) is 12.1 Å². The van der Waals surface area contributed by atoms with Crippen molar-refractivity contribution in [2.24, 2.45) is 5.92 Å². The Labute approximate surface area is 154 Å². The number of halogens is 1. The lowest BCUT2D eigenvalue weighted by Crippen LogP contribution is -2.51. The van der Waals surface area contributed by atoms with Gasteiger partial charge >= 0.3 is 6.03 Å². The van der Waals surface area contributed by atoms with Crippen LogP contribution in [0, 0.1) is 11.7 Å². The van der Waals surface area contributed by atoms with Crippen LogP contribution in [-0.4, -0.2) is 55.9 Å². The molecular formula is C20H28FN3O2. The van der Waals surface area contributed by atoms with Crippen molar-refractivity contribution in [3.8, 4) is 0 Å². The number of carbonyl (C=O) groups excluding carboxylic acids is 1. The Kier molecular flexibility index (Phi) is 5.29. The second-order valence-electron chi connectivity index (χ2n) is 7.80. The molecule has 3 fully saturated rings. The van der Waals surface area contributed by atoms with E-state index in [-0.39, 0.29) is 17.9 Å².